The molecule has 104 valence electrons. The summed E-state index contributed by atoms with van der Waals surface area (Å²) in [6.07, 6.45) is 0.335. The Kier molecular flexibility index (Phi) is 5.12. The van der Waals surface area contributed by atoms with Crippen molar-refractivity contribution in [1.29, 1.82) is 0 Å². The molecule has 1 rings (SSSR count). The Hall–Kier alpha value is -1.35. The molecule has 0 saturated carbocycles. The number of hydrogen-bond acceptors (Lipinski definition) is 3. The van der Waals surface area contributed by atoms with Gasteiger partial charge < -0.3 is 4.74 Å². The number of ketones is 1. The predicted octanol–water partition coefficient (Wildman–Crippen LogP) is 3.43. The maximum absolute atomic E-state index is 12.0. The van der Waals surface area contributed by atoms with Gasteiger partial charge in [0, 0.05) is 5.02 Å². The van der Waals surface area contributed by atoms with Crippen molar-refractivity contribution in [2.45, 2.75) is 39.7 Å². The molecule has 1 aromatic rings. The topological polar surface area (TPSA) is 43.4 Å². The fourth-order valence-corrected chi connectivity index (χ4v) is 1.75. The number of esters is 1. The number of ether oxygens (including phenoxy) is 1. The number of carbonyl (C=O) groups is 2. The third-order valence-electron chi connectivity index (χ3n) is 2.54. The second-order valence-electron chi connectivity index (χ2n) is 5.53. The fraction of sp³-hybridized carbons (Fsp3) is 0.467. The van der Waals surface area contributed by atoms with Gasteiger partial charge in [0.05, 0.1) is 0 Å². The van der Waals surface area contributed by atoms with Gasteiger partial charge in [0.15, 0.2) is 0 Å². The Balaban J connectivity index is 2.81. The van der Waals surface area contributed by atoms with Crippen molar-refractivity contribution in [3.8, 4) is 0 Å². The Morgan fingerprint density at radius 3 is 2.16 bits per heavy atom. The molecule has 0 bridgehead atoms. The predicted molar refractivity (Wildman–Crippen MR) is 75.2 cm³/mol. The van der Waals surface area contributed by atoms with Crippen molar-refractivity contribution in [2.75, 3.05) is 0 Å². The van der Waals surface area contributed by atoms with Crippen LogP contribution in [0.4, 0.5) is 0 Å². The minimum Gasteiger partial charge on any atom is -0.459 e. The lowest BCUT2D eigenvalue weighted by Gasteiger charge is -2.23. The Morgan fingerprint density at radius 2 is 1.74 bits per heavy atom. The van der Waals surface area contributed by atoms with Crippen LogP contribution in [0.3, 0.4) is 0 Å². The molecular weight excluding hydrogens is 264 g/mol. The van der Waals surface area contributed by atoms with Crippen LogP contribution in [-0.4, -0.2) is 17.4 Å². The van der Waals surface area contributed by atoms with Gasteiger partial charge in [0.25, 0.3) is 0 Å². The summed E-state index contributed by atoms with van der Waals surface area (Å²) in [7, 11) is 0. The molecule has 0 aliphatic carbocycles. The normalized spacial score (nSPS) is 12.9. The minimum absolute atomic E-state index is 0.191. The molecule has 0 radical (unpaired) electrons. The maximum Gasteiger partial charge on any atom is 0.317 e. The highest BCUT2D eigenvalue weighted by molar-refractivity contribution is 6.30. The van der Waals surface area contributed by atoms with E-state index in [1.165, 1.54) is 6.92 Å². The van der Waals surface area contributed by atoms with E-state index in [0.29, 0.717) is 11.4 Å². The van der Waals surface area contributed by atoms with E-state index in [1.807, 2.05) is 12.1 Å². The molecule has 1 unspecified atom stereocenters. The fourth-order valence-electron chi connectivity index (χ4n) is 1.62. The zero-order valence-corrected chi connectivity index (χ0v) is 12.5. The lowest BCUT2D eigenvalue weighted by molar-refractivity contribution is -0.161. The Labute approximate surface area is 118 Å². The number of benzene rings is 1. The van der Waals surface area contributed by atoms with E-state index in [2.05, 4.69) is 0 Å². The first-order chi connectivity index (χ1) is 8.69. The number of carbonyl (C=O) groups excluding carboxylic acids is 2. The van der Waals surface area contributed by atoms with Crippen LogP contribution < -0.4 is 0 Å². The third kappa shape index (κ3) is 5.43. The van der Waals surface area contributed by atoms with E-state index in [0.717, 1.165) is 5.56 Å². The van der Waals surface area contributed by atoms with Crippen LogP contribution in [-0.2, 0) is 20.7 Å². The molecule has 19 heavy (non-hydrogen) atoms. The molecular formula is C15H19ClO3. The average Bonchev–Trinajstić information content (AvgIpc) is 2.25. The molecule has 0 amide bonds. The van der Waals surface area contributed by atoms with Crippen LogP contribution in [0.15, 0.2) is 24.3 Å². The molecule has 1 aromatic carbocycles. The molecule has 0 aliphatic rings. The third-order valence-corrected chi connectivity index (χ3v) is 2.79. The van der Waals surface area contributed by atoms with Crippen LogP contribution in [0.2, 0.25) is 5.02 Å². The molecule has 0 aromatic heterocycles. The van der Waals surface area contributed by atoms with Crippen LogP contribution in [0, 0.1) is 5.92 Å². The lowest BCUT2D eigenvalue weighted by atomic mass is 9.96. The molecule has 1 atom stereocenters. The molecule has 4 heteroatoms. The van der Waals surface area contributed by atoms with E-state index >= 15 is 0 Å². The average molecular weight is 283 g/mol. The van der Waals surface area contributed by atoms with Gasteiger partial charge >= 0.3 is 5.97 Å². The standard InChI is InChI=1S/C15H19ClO3/c1-10(17)13(14(18)19-15(2,3)4)9-11-5-7-12(16)8-6-11/h5-8,13H,9H2,1-4H3. The minimum atomic E-state index is -0.764. The zero-order valence-electron chi connectivity index (χ0n) is 11.7. The van der Waals surface area contributed by atoms with Crippen molar-refractivity contribution in [1.82, 2.24) is 0 Å². The number of rotatable bonds is 4. The monoisotopic (exact) mass is 282 g/mol. The van der Waals surface area contributed by atoms with Gasteiger partial charge in [-0.1, -0.05) is 23.7 Å². The second-order valence-corrected chi connectivity index (χ2v) is 5.96. The second kappa shape index (κ2) is 6.20. The van der Waals surface area contributed by atoms with E-state index < -0.39 is 17.5 Å². The highest BCUT2D eigenvalue weighted by Gasteiger charge is 2.28. The Bertz CT molecular complexity index is 457. The summed E-state index contributed by atoms with van der Waals surface area (Å²) in [5, 5.41) is 0.625. The van der Waals surface area contributed by atoms with E-state index in [4.69, 9.17) is 16.3 Å². The highest BCUT2D eigenvalue weighted by atomic mass is 35.5. The number of Topliss-reactive ketones (excluding diaryl/α,β-unsaturated/α-hetero) is 1. The summed E-state index contributed by atoms with van der Waals surface area (Å²) in [6, 6.07) is 7.09. The maximum atomic E-state index is 12.0. The first-order valence-corrected chi connectivity index (χ1v) is 6.54. The van der Waals surface area contributed by atoms with Gasteiger partial charge in [-0.25, -0.2) is 0 Å². The SMILES string of the molecule is CC(=O)C(Cc1ccc(Cl)cc1)C(=O)OC(C)(C)C. The molecule has 0 heterocycles. The summed E-state index contributed by atoms with van der Waals surface area (Å²) in [5.41, 5.74) is 0.292. The van der Waals surface area contributed by atoms with Crippen LogP contribution in [0.25, 0.3) is 0 Å². The number of hydrogen-bond donors (Lipinski definition) is 0. The highest BCUT2D eigenvalue weighted by Crippen LogP contribution is 2.18. The van der Waals surface area contributed by atoms with Gasteiger partial charge in [0.2, 0.25) is 0 Å². The van der Waals surface area contributed by atoms with E-state index in [1.54, 1.807) is 32.9 Å². The summed E-state index contributed by atoms with van der Waals surface area (Å²) in [6.45, 7) is 6.75. The largest absolute Gasteiger partial charge is 0.459 e. The molecule has 0 N–H and O–H groups in total. The van der Waals surface area contributed by atoms with Gasteiger partial charge in [0.1, 0.15) is 17.3 Å². The summed E-state index contributed by atoms with van der Waals surface area (Å²) in [5.74, 6) is -1.43. The van der Waals surface area contributed by atoms with Gasteiger partial charge in [-0.3, -0.25) is 9.59 Å². The molecule has 0 saturated heterocycles. The van der Waals surface area contributed by atoms with E-state index in [9.17, 15) is 9.59 Å². The van der Waals surface area contributed by atoms with Crippen LogP contribution in [0.5, 0.6) is 0 Å². The number of halogens is 1. The lowest BCUT2D eigenvalue weighted by Crippen LogP contribution is -2.33. The molecule has 0 fully saturated rings. The van der Waals surface area contributed by atoms with Crippen LogP contribution >= 0.6 is 11.6 Å². The summed E-state index contributed by atoms with van der Waals surface area (Å²) in [4.78, 5) is 23.6. The molecule has 0 aliphatic heterocycles. The van der Waals surface area contributed by atoms with Crippen molar-refractivity contribution in [2.24, 2.45) is 5.92 Å². The van der Waals surface area contributed by atoms with Crippen molar-refractivity contribution in [3.63, 3.8) is 0 Å². The zero-order chi connectivity index (χ0) is 14.6. The van der Waals surface area contributed by atoms with Crippen molar-refractivity contribution < 1.29 is 14.3 Å². The Morgan fingerprint density at radius 1 is 1.21 bits per heavy atom. The smallest absolute Gasteiger partial charge is 0.317 e. The van der Waals surface area contributed by atoms with Crippen LogP contribution in [0.1, 0.15) is 33.3 Å². The van der Waals surface area contributed by atoms with E-state index in [-0.39, 0.29) is 5.78 Å². The quantitative estimate of drug-likeness (QED) is 0.628. The first kappa shape index (κ1) is 15.7. The molecule has 3 nitrogen and oxygen atoms in total. The molecule has 0 spiro atoms. The van der Waals surface area contributed by atoms with Gasteiger partial charge in [-0.05, 0) is 51.8 Å². The van der Waals surface area contributed by atoms with Gasteiger partial charge in [-0.15, -0.1) is 0 Å². The summed E-state index contributed by atoms with van der Waals surface area (Å²) >= 11 is 5.80. The van der Waals surface area contributed by atoms with Crippen molar-refractivity contribution >= 4 is 23.4 Å². The van der Waals surface area contributed by atoms with Crippen molar-refractivity contribution in [3.05, 3.63) is 34.9 Å². The summed E-state index contributed by atoms with van der Waals surface area (Å²) < 4.78 is 5.27. The first-order valence-electron chi connectivity index (χ1n) is 6.17. The van der Waals surface area contributed by atoms with Gasteiger partial charge in [-0.2, -0.15) is 0 Å².